The number of ether oxygens (including phenoxy) is 1. The van der Waals surface area contributed by atoms with E-state index in [-0.39, 0.29) is 0 Å². The summed E-state index contributed by atoms with van der Waals surface area (Å²) in [6.07, 6.45) is -3.78. The molecule has 0 aliphatic carbocycles. The first-order valence-corrected chi connectivity index (χ1v) is 10.3. The Morgan fingerprint density at radius 2 is 1.92 bits per heavy atom. The van der Waals surface area contributed by atoms with Gasteiger partial charge in [0.1, 0.15) is 12.2 Å². The first kappa shape index (κ1) is 21.7. The molecule has 2 rings (SSSR count). The fraction of sp³-hybridized carbons (Fsp3) is 0.556. The van der Waals surface area contributed by atoms with Crippen molar-refractivity contribution in [3.05, 3.63) is 33.1 Å². The van der Waals surface area contributed by atoms with Gasteiger partial charge in [-0.2, -0.15) is 4.31 Å². The van der Waals surface area contributed by atoms with E-state index in [0.717, 1.165) is 16.8 Å². The number of aromatic amines is 1. The van der Waals surface area contributed by atoms with Crippen LogP contribution in [0.4, 0.5) is 0 Å². The number of hydrogen-bond donors (Lipinski definition) is 5. The molecule has 0 spiro atoms. The molecule has 0 amide bonds. The van der Waals surface area contributed by atoms with Crippen LogP contribution < -0.4 is 11.2 Å². The number of phosphoric acid groups is 2. The van der Waals surface area contributed by atoms with Crippen molar-refractivity contribution in [1.29, 1.82) is 0 Å². The maximum Gasteiger partial charge on any atom is 0.481 e. The van der Waals surface area contributed by atoms with Gasteiger partial charge in [-0.05, 0) is 0 Å². The normalized spacial score (nSPS) is 28.0. The van der Waals surface area contributed by atoms with Gasteiger partial charge in [-0.3, -0.25) is 18.9 Å². The molecule has 1 aromatic rings. The topological polar surface area (TPSA) is 198 Å². The zero-order valence-electron chi connectivity index (χ0n) is 12.3. The number of aliphatic hydroxyl groups excluding tert-OH is 1. The van der Waals surface area contributed by atoms with Crippen LogP contribution in [0.2, 0.25) is 0 Å². The lowest BCUT2D eigenvalue weighted by atomic mass is 10.2. The maximum atomic E-state index is 11.8. The van der Waals surface area contributed by atoms with Gasteiger partial charge >= 0.3 is 21.3 Å². The lowest BCUT2D eigenvalue weighted by molar-refractivity contribution is -0.0453. The van der Waals surface area contributed by atoms with Crippen molar-refractivity contribution in [1.82, 2.24) is 9.55 Å². The summed E-state index contributed by atoms with van der Waals surface area (Å²) in [5, 5.41) is 10.1. The molecule has 148 valence electrons. The number of alkyl halides is 2. The summed E-state index contributed by atoms with van der Waals surface area (Å²) in [4.78, 5) is 51.0. The van der Waals surface area contributed by atoms with Crippen LogP contribution in [0.1, 0.15) is 6.23 Å². The Balaban J connectivity index is 2.18. The van der Waals surface area contributed by atoms with Crippen molar-refractivity contribution in [3.63, 3.8) is 0 Å². The summed E-state index contributed by atoms with van der Waals surface area (Å²) >= 11 is 12.0. The number of nitrogens with one attached hydrogen (secondary N) is 1. The molecule has 1 aliphatic heterocycles. The molecule has 4 atom stereocenters. The van der Waals surface area contributed by atoms with Crippen LogP contribution in [0.25, 0.3) is 0 Å². The van der Waals surface area contributed by atoms with Gasteiger partial charge in [0.05, 0.1) is 6.61 Å². The maximum absolute atomic E-state index is 11.8. The Labute approximate surface area is 153 Å². The van der Waals surface area contributed by atoms with Gasteiger partial charge in [-0.1, -0.05) is 23.2 Å². The number of H-pyrrole nitrogens is 1. The van der Waals surface area contributed by atoms with Crippen molar-refractivity contribution in [2.45, 2.75) is 22.8 Å². The number of aliphatic hydroxyl groups is 1. The van der Waals surface area contributed by atoms with E-state index < -0.39 is 56.3 Å². The minimum atomic E-state index is -5.33. The van der Waals surface area contributed by atoms with Crippen LogP contribution in [-0.4, -0.2) is 52.5 Å². The second kappa shape index (κ2) is 7.46. The summed E-state index contributed by atoms with van der Waals surface area (Å²) in [5.74, 6) is 0. The highest BCUT2D eigenvalue weighted by Gasteiger charge is 2.56. The molecule has 0 saturated carbocycles. The quantitative estimate of drug-likeness (QED) is 0.265. The average Bonchev–Trinajstić information content (AvgIpc) is 2.66. The first-order valence-electron chi connectivity index (χ1n) is 6.50. The lowest BCUT2D eigenvalue weighted by Crippen LogP contribution is -2.41. The molecule has 1 aromatic heterocycles. The molecule has 2 heterocycles. The Morgan fingerprint density at radius 3 is 2.46 bits per heavy atom. The highest BCUT2D eigenvalue weighted by molar-refractivity contribution is 7.60. The summed E-state index contributed by atoms with van der Waals surface area (Å²) in [7, 11) is -10.5. The predicted octanol–water partition coefficient (Wildman–Crippen LogP) is -0.805. The highest BCUT2D eigenvalue weighted by atomic mass is 35.5. The molecule has 1 saturated heterocycles. The molecule has 17 heteroatoms. The standard InChI is InChI=1S/C9H12Cl2N2O11P2/c10-9(11)6(15)4(3-22-26(20,21)24-25(17,18)19)23-7(9)13-2-1-5(14)12-8(13)16/h1-2,4,6-7,15H,3H2,(H,20,21)(H,12,14,16)(H2,17,18,19)/t4-,6-,7-/m1/s1. The van der Waals surface area contributed by atoms with E-state index in [1.165, 1.54) is 0 Å². The van der Waals surface area contributed by atoms with E-state index in [4.69, 9.17) is 37.7 Å². The molecule has 5 N–H and O–H groups in total. The molecular formula is C9H12Cl2N2O11P2. The van der Waals surface area contributed by atoms with Crippen molar-refractivity contribution in [2.75, 3.05) is 6.61 Å². The molecular weight excluding hydrogens is 445 g/mol. The zero-order chi connectivity index (χ0) is 19.9. The Kier molecular flexibility index (Phi) is 6.23. The summed E-state index contributed by atoms with van der Waals surface area (Å²) in [6.45, 7) is -0.926. The summed E-state index contributed by atoms with van der Waals surface area (Å²) in [5.41, 5.74) is -1.67. The van der Waals surface area contributed by atoms with Crippen molar-refractivity contribution in [3.8, 4) is 0 Å². The Hall–Kier alpha value is -0.560. The van der Waals surface area contributed by atoms with Gasteiger partial charge in [0, 0.05) is 12.3 Å². The van der Waals surface area contributed by atoms with Crippen LogP contribution in [0, 0.1) is 0 Å². The summed E-state index contributed by atoms with van der Waals surface area (Å²) < 4.78 is 33.8. The van der Waals surface area contributed by atoms with Crippen LogP contribution in [0.15, 0.2) is 21.9 Å². The molecule has 0 radical (unpaired) electrons. The second-order valence-corrected chi connectivity index (χ2v) is 9.27. The van der Waals surface area contributed by atoms with Crippen molar-refractivity contribution in [2.24, 2.45) is 0 Å². The van der Waals surface area contributed by atoms with E-state index in [9.17, 15) is 28.7 Å². The Morgan fingerprint density at radius 1 is 1.31 bits per heavy atom. The molecule has 1 aliphatic rings. The monoisotopic (exact) mass is 456 g/mol. The third-order valence-corrected chi connectivity index (χ3v) is 6.07. The minimum Gasteiger partial charge on any atom is -0.387 e. The van der Waals surface area contributed by atoms with Gasteiger partial charge in [0.25, 0.3) is 5.56 Å². The molecule has 0 bridgehead atoms. The SMILES string of the molecule is O=c1ccn([C@@H]2O[C@H](COP(=O)(O)OP(=O)(O)O)[C@@H](O)C2(Cl)Cl)c(=O)[nH]1. The second-order valence-electron chi connectivity index (χ2n) is 5.00. The number of hydrogen-bond acceptors (Lipinski definition) is 8. The number of nitrogens with zero attached hydrogens (tertiary/aromatic N) is 1. The third kappa shape index (κ3) is 5.03. The van der Waals surface area contributed by atoms with Crippen molar-refractivity contribution >= 4 is 38.8 Å². The van der Waals surface area contributed by atoms with E-state index >= 15 is 0 Å². The van der Waals surface area contributed by atoms with E-state index in [2.05, 4.69) is 8.83 Å². The van der Waals surface area contributed by atoms with Gasteiger partial charge in [0.2, 0.25) is 0 Å². The minimum absolute atomic E-state index is 0.713. The largest absolute Gasteiger partial charge is 0.481 e. The molecule has 13 nitrogen and oxygen atoms in total. The van der Waals surface area contributed by atoms with Crippen LogP contribution >= 0.6 is 38.8 Å². The van der Waals surface area contributed by atoms with E-state index in [1.54, 1.807) is 0 Å². The predicted molar refractivity (Wildman–Crippen MR) is 84.6 cm³/mol. The van der Waals surface area contributed by atoms with Crippen molar-refractivity contribution < 1.29 is 42.5 Å². The summed E-state index contributed by atoms with van der Waals surface area (Å²) in [6, 6.07) is 0.959. The van der Waals surface area contributed by atoms with Gasteiger partial charge < -0.3 is 24.5 Å². The van der Waals surface area contributed by atoms with Gasteiger partial charge in [-0.15, -0.1) is 0 Å². The van der Waals surface area contributed by atoms with Crippen LogP contribution in [0.5, 0.6) is 0 Å². The lowest BCUT2D eigenvalue weighted by Gasteiger charge is -2.23. The fourth-order valence-corrected chi connectivity index (χ4v) is 4.24. The Bertz CT molecular complexity index is 879. The average molecular weight is 457 g/mol. The first-order chi connectivity index (χ1) is 11.7. The molecule has 1 fully saturated rings. The molecule has 26 heavy (non-hydrogen) atoms. The van der Waals surface area contributed by atoms with E-state index in [0.29, 0.717) is 0 Å². The highest BCUT2D eigenvalue weighted by Crippen LogP contribution is 2.58. The zero-order valence-corrected chi connectivity index (χ0v) is 15.6. The third-order valence-electron chi connectivity index (χ3n) is 3.09. The molecule has 0 aromatic carbocycles. The molecule has 1 unspecified atom stereocenters. The smallest absolute Gasteiger partial charge is 0.387 e. The van der Waals surface area contributed by atoms with Crippen LogP contribution in [-0.2, 0) is 22.7 Å². The fourth-order valence-electron chi connectivity index (χ4n) is 2.04. The van der Waals surface area contributed by atoms with Gasteiger partial charge in [0.15, 0.2) is 10.6 Å². The number of rotatable bonds is 6. The van der Waals surface area contributed by atoms with E-state index in [1.807, 2.05) is 4.98 Å². The number of halogens is 2. The number of aromatic nitrogens is 2. The number of phosphoric ester groups is 1. The van der Waals surface area contributed by atoms with Crippen LogP contribution in [0.3, 0.4) is 0 Å². The van der Waals surface area contributed by atoms with Gasteiger partial charge in [-0.25, -0.2) is 13.9 Å².